The molecule has 98 valence electrons. The minimum Gasteiger partial charge on any atom is -0.376 e. The van der Waals surface area contributed by atoms with E-state index in [2.05, 4.69) is 29.1 Å². The van der Waals surface area contributed by atoms with E-state index < -0.39 is 0 Å². The van der Waals surface area contributed by atoms with E-state index in [1.165, 1.54) is 5.70 Å². The number of nitrogens with two attached hydrogens (primary N) is 1. The molecule has 0 aliphatic carbocycles. The summed E-state index contributed by atoms with van der Waals surface area (Å²) in [6, 6.07) is 0. The second-order valence-corrected chi connectivity index (χ2v) is 5.39. The van der Waals surface area contributed by atoms with Crippen molar-refractivity contribution in [3.8, 4) is 0 Å². The quantitative estimate of drug-likeness (QED) is 0.821. The third-order valence-corrected chi connectivity index (χ3v) is 4.65. The van der Waals surface area contributed by atoms with Gasteiger partial charge in [0.2, 0.25) is 0 Å². The number of ether oxygens (including phenoxy) is 1. The fourth-order valence-corrected chi connectivity index (χ4v) is 3.73. The Kier molecular flexibility index (Phi) is 4.73. The van der Waals surface area contributed by atoms with Crippen molar-refractivity contribution in [3.05, 3.63) is 11.1 Å². The first kappa shape index (κ1) is 13.2. The van der Waals surface area contributed by atoms with Crippen LogP contribution in [0.5, 0.6) is 0 Å². The van der Waals surface area contributed by atoms with E-state index >= 15 is 0 Å². The standard InChI is InChI=1S/C12H23N3OS/c1-3-11-8-14(5-6-16-11)12-15(4-2)10(7-13)9-17-12/h9,11-12H,3-8,13H2,1-2H3. The highest BCUT2D eigenvalue weighted by atomic mass is 32.2. The number of nitrogens with zero attached hydrogens (tertiary/aromatic N) is 2. The van der Waals surface area contributed by atoms with E-state index in [0.717, 1.165) is 32.7 Å². The lowest BCUT2D eigenvalue weighted by Gasteiger charge is -2.40. The van der Waals surface area contributed by atoms with Gasteiger partial charge < -0.3 is 15.4 Å². The van der Waals surface area contributed by atoms with E-state index in [1.54, 1.807) is 0 Å². The van der Waals surface area contributed by atoms with Gasteiger partial charge >= 0.3 is 0 Å². The van der Waals surface area contributed by atoms with Gasteiger partial charge in [-0.1, -0.05) is 18.7 Å². The van der Waals surface area contributed by atoms with Crippen LogP contribution < -0.4 is 5.73 Å². The summed E-state index contributed by atoms with van der Waals surface area (Å²) in [6.45, 7) is 8.96. The van der Waals surface area contributed by atoms with Crippen LogP contribution in [0.3, 0.4) is 0 Å². The van der Waals surface area contributed by atoms with E-state index in [1.807, 2.05) is 11.8 Å². The summed E-state index contributed by atoms with van der Waals surface area (Å²) in [4.78, 5) is 4.92. The van der Waals surface area contributed by atoms with Crippen LogP contribution in [0.2, 0.25) is 0 Å². The van der Waals surface area contributed by atoms with Crippen molar-refractivity contribution < 1.29 is 4.74 Å². The topological polar surface area (TPSA) is 41.7 Å². The van der Waals surface area contributed by atoms with Gasteiger partial charge in [0.1, 0.15) is 5.50 Å². The normalized spacial score (nSPS) is 30.8. The Hall–Kier alpha value is -0.230. The third kappa shape index (κ3) is 2.78. The van der Waals surface area contributed by atoms with Gasteiger partial charge in [-0.05, 0) is 18.8 Å². The fraction of sp³-hybridized carbons (Fsp3) is 0.833. The summed E-state index contributed by atoms with van der Waals surface area (Å²) in [5.41, 5.74) is 7.47. The molecule has 0 bridgehead atoms. The monoisotopic (exact) mass is 257 g/mol. The second kappa shape index (κ2) is 6.09. The van der Waals surface area contributed by atoms with Crippen LogP contribution in [0.25, 0.3) is 0 Å². The van der Waals surface area contributed by atoms with E-state index in [4.69, 9.17) is 10.5 Å². The molecule has 2 N–H and O–H groups in total. The summed E-state index contributed by atoms with van der Waals surface area (Å²) in [6.07, 6.45) is 1.49. The lowest BCUT2D eigenvalue weighted by atomic mass is 10.2. The summed E-state index contributed by atoms with van der Waals surface area (Å²) in [7, 11) is 0. The van der Waals surface area contributed by atoms with Crippen molar-refractivity contribution in [2.45, 2.75) is 31.9 Å². The van der Waals surface area contributed by atoms with Crippen LogP contribution in [-0.4, -0.2) is 54.2 Å². The number of hydrogen-bond acceptors (Lipinski definition) is 5. The minimum atomic E-state index is 0.394. The number of thioether (sulfide) groups is 1. The summed E-state index contributed by atoms with van der Waals surface area (Å²) >= 11 is 1.88. The first-order chi connectivity index (χ1) is 8.30. The Morgan fingerprint density at radius 2 is 2.35 bits per heavy atom. The molecule has 0 aromatic heterocycles. The smallest absolute Gasteiger partial charge is 0.134 e. The number of morpholine rings is 1. The molecule has 2 atom stereocenters. The molecule has 17 heavy (non-hydrogen) atoms. The van der Waals surface area contributed by atoms with Crippen LogP contribution in [-0.2, 0) is 4.74 Å². The van der Waals surface area contributed by atoms with Gasteiger partial charge in [-0.15, -0.1) is 0 Å². The van der Waals surface area contributed by atoms with Crippen molar-refractivity contribution in [2.75, 3.05) is 32.8 Å². The van der Waals surface area contributed by atoms with Crippen LogP contribution >= 0.6 is 11.8 Å². The molecule has 0 amide bonds. The molecule has 5 heteroatoms. The lowest BCUT2D eigenvalue weighted by Crippen LogP contribution is -2.51. The average molecular weight is 257 g/mol. The number of hydrogen-bond donors (Lipinski definition) is 1. The van der Waals surface area contributed by atoms with Crippen LogP contribution in [0.1, 0.15) is 20.3 Å². The van der Waals surface area contributed by atoms with E-state index in [9.17, 15) is 0 Å². The van der Waals surface area contributed by atoms with Crippen molar-refractivity contribution >= 4 is 11.8 Å². The Labute approximate surface area is 108 Å². The highest BCUT2D eigenvalue weighted by Gasteiger charge is 2.33. The van der Waals surface area contributed by atoms with Gasteiger partial charge in [-0.3, -0.25) is 4.90 Å². The van der Waals surface area contributed by atoms with Gasteiger partial charge in [0, 0.05) is 31.9 Å². The molecule has 2 heterocycles. The van der Waals surface area contributed by atoms with E-state index in [0.29, 0.717) is 18.1 Å². The zero-order chi connectivity index (χ0) is 12.3. The molecule has 0 saturated carbocycles. The summed E-state index contributed by atoms with van der Waals surface area (Å²) < 4.78 is 5.73. The molecule has 0 radical (unpaired) electrons. The first-order valence-corrected chi connectivity index (χ1v) is 7.41. The zero-order valence-corrected chi connectivity index (χ0v) is 11.6. The molecule has 2 aliphatic heterocycles. The maximum atomic E-state index is 5.78. The number of likely N-dealkylation sites (N-methyl/N-ethyl adjacent to an activating group) is 1. The predicted molar refractivity (Wildman–Crippen MR) is 72.5 cm³/mol. The van der Waals surface area contributed by atoms with Crippen molar-refractivity contribution in [1.82, 2.24) is 9.80 Å². The molecule has 2 unspecified atom stereocenters. The molecule has 0 aromatic carbocycles. The van der Waals surface area contributed by atoms with Gasteiger partial charge in [-0.25, -0.2) is 0 Å². The van der Waals surface area contributed by atoms with Gasteiger partial charge in [0.15, 0.2) is 0 Å². The molecule has 0 aromatic rings. The molecule has 1 fully saturated rings. The highest BCUT2D eigenvalue weighted by molar-refractivity contribution is 8.02. The third-order valence-electron chi connectivity index (χ3n) is 3.45. The minimum absolute atomic E-state index is 0.394. The number of rotatable bonds is 4. The molecule has 4 nitrogen and oxygen atoms in total. The zero-order valence-electron chi connectivity index (χ0n) is 10.8. The van der Waals surface area contributed by atoms with Gasteiger partial charge in [0.25, 0.3) is 0 Å². The fourth-order valence-electron chi connectivity index (χ4n) is 2.42. The van der Waals surface area contributed by atoms with Crippen molar-refractivity contribution in [1.29, 1.82) is 0 Å². The molecule has 1 saturated heterocycles. The maximum Gasteiger partial charge on any atom is 0.134 e. The SMILES string of the molecule is CCC1CN(C2SC=C(CN)N2CC)CCO1. The van der Waals surface area contributed by atoms with Gasteiger partial charge in [0.05, 0.1) is 12.7 Å². The van der Waals surface area contributed by atoms with Crippen LogP contribution in [0.4, 0.5) is 0 Å². The Morgan fingerprint density at radius 1 is 1.53 bits per heavy atom. The Morgan fingerprint density at radius 3 is 3.00 bits per heavy atom. The Bertz CT molecular complexity index is 285. The first-order valence-electron chi connectivity index (χ1n) is 6.47. The molecular weight excluding hydrogens is 234 g/mol. The van der Waals surface area contributed by atoms with Crippen molar-refractivity contribution in [3.63, 3.8) is 0 Å². The average Bonchev–Trinajstić information content (AvgIpc) is 2.81. The van der Waals surface area contributed by atoms with Crippen LogP contribution in [0.15, 0.2) is 11.1 Å². The van der Waals surface area contributed by atoms with Gasteiger partial charge in [-0.2, -0.15) is 0 Å². The predicted octanol–water partition coefficient (Wildman–Crippen LogP) is 1.25. The Balaban J connectivity index is 1.98. The second-order valence-electron chi connectivity index (χ2n) is 4.46. The summed E-state index contributed by atoms with van der Waals surface area (Å²) in [5, 5.41) is 2.21. The maximum absolute atomic E-state index is 5.78. The molecular formula is C12H23N3OS. The van der Waals surface area contributed by atoms with Crippen LogP contribution in [0, 0.1) is 0 Å². The lowest BCUT2D eigenvalue weighted by molar-refractivity contribution is -0.0486. The van der Waals surface area contributed by atoms with Crippen molar-refractivity contribution in [2.24, 2.45) is 5.73 Å². The molecule has 2 rings (SSSR count). The largest absolute Gasteiger partial charge is 0.376 e. The molecule has 0 spiro atoms. The van der Waals surface area contributed by atoms with E-state index in [-0.39, 0.29) is 0 Å². The summed E-state index contributed by atoms with van der Waals surface area (Å²) in [5.74, 6) is 0. The highest BCUT2D eigenvalue weighted by Crippen LogP contribution is 2.33. The molecule has 2 aliphatic rings.